The van der Waals surface area contributed by atoms with Gasteiger partial charge in [0.05, 0.1) is 17.4 Å². The Bertz CT molecular complexity index is 1030. The predicted octanol–water partition coefficient (Wildman–Crippen LogP) is 1.28. The normalized spacial score (nSPS) is 14.5. The fraction of sp³-hybridized carbons (Fsp3) is 0.286. The second-order valence-electron chi connectivity index (χ2n) is 5.46. The number of hydrogen-bond acceptors (Lipinski definition) is 5. The van der Waals surface area contributed by atoms with Crippen LogP contribution in [0, 0.1) is 11.6 Å². The van der Waals surface area contributed by atoms with Gasteiger partial charge in [-0.25, -0.2) is 13.6 Å². The maximum absolute atomic E-state index is 13.3. The van der Waals surface area contributed by atoms with Crippen molar-refractivity contribution in [2.24, 2.45) is 0 Å². The first kappa shape index (κ1) is 13.8. The lowest BCUT2D eigenvalue weighted by Crippen LogP contribution is -2.35. The molecule has 9 heteroatoms. The minimum Gasteiger partial charge on any atom is -0.339 e. The zero-order chi connectivity index (χ0) is 16.1. The topological polar surface area (TPSA) is 93.8 Å². The number of aromatic amines is 1. The molecule has 0 amide bonds. The zero-order valence-corrected chi connectivity index (χ0v) is 11.7. The van der Waals surface area contributed by atoms with Gasteiger partial charge in [-0.15, -0.1) is 0 Å². The van der Waals surface area contributed by atoms with Crippen molar-refractivity contribution >= 4 is 10.9 Å². The molecule has 1 aliphatic rings. The van der Waals surface area contributed by atoms with Crippen LogP contribution >= 0.6 is 0 Å². The smallest absolute Gasteiger partial charge is 0.329 e. The Kier molecular flexibility index (Phi) is 2.90. The average molecular weight is 320 g/mol. The second-order valence-corrected chi connectivity index (χ2v) is 5.46. The fourth-order valence-electron chi connectivity index (χ4n) is 2.36. The highest BCUT2D eigenvalue weighted by Gasteiger charge is 2.29. The molecular weight excluding hydrogens is 310 g/mol. The highest BCUT2D eigenvalue weighted by Crippen LogP contribution is 2.38. The van der Waals surface area contributed by atoms with Gasteiger partial charge in [0.2, 0.25) is 5.89 Å². The van der Waals surface area contributed by atoms with Crippen molar-refractivity contribution in [1.82, 2.24) is 19.7 Å². The molecule has 4 rings (SSSR count). The van der Waals surface area contributed by atoms with Gasteiger partial charge in [0.25, 0.3) is 5.56 Å². The number of H-pyrrole nitrogens is 1. The average Bonchev–Trinajstić information content (AvgIpc) is 3.26. The summed E-state index contributed by atoms with van der Waals surface area (Å²) in [7, 11) is 0. The van der Waals surface area contributed by atoms with E-state index in [-0.39, 0.29) is 29.2 Å². The molecule has 1 aromatic carbocycles. The summed E-state index contributed by atoms with van der Waals surface area (Å²) in [5.41, 5.74) is -1.58. The van der Waals surface area contributed by atoms with Crippen LogP contribution in [0.1, 0.15) is 30.5 Å². The van der Waals surface area contributed by atoms with E-state index < -0.39 is 22.9 Å². The van der Waals surface area contributed by atoms with Crippen LogP contribution in [0.3, 0.4) is 0 Å². The van der Waals surface area contributed by atoms with Crippen molar-refractivity contribution in [2.75, 3.05) is 0 Å². The van der Waals surface area contributed by atoms with Crippen LogP contribution in [0.2, 0.25) is 0 Å². The van der Waals surface area contributed by atoms with E-state index in [1.807, 2.05) is 0 Å². The second kappa shape index (κ2) is 4.83. The van der Waals surface area contributed by atoms with Gasteiger partial charge >= 0.3 is 5.69 Å². The van der Waals surface area contributed by atoms with Crippen LogP contribution in [-0.4, -0.2) is 19.7 Å². The number of fused-ring (bicyclic) bond motifs is 1. The summed E-state index contributed by atoms with van der Waals surface area (Å²) < 4.78 is 32.4. The number of hydrogen-bond donors (Lipinski definition) is 1. The highest BCUT2D eigenvalue weighted by molar-refractivity contribution is 5.77. The molecule has 0 unspecified atom stereocenters. The molecule has 0 saturated heterocycles. The Morgan fingerprint density at radius 3 is 2.74 bits per heavy atom. The zero-order valence-electron chi connectivity index (χ0n) is 11.7. The molecule has 2 aromatic heterocycles. The molecule has 118 valence electrons. The molecule has 0 atom stereocenters. The van der Waals surface area contributed by atoms with Crippen LogP contribution in [0.25, 0.3) is 10.9 Å². The minimum atomic E-state index is -1.16. The summed E-state index contributed by atoms with van der Waals surface area (Å²) in [6.45, 7) is -0.209. The Balaban J connectivity index is 1.80. The van der Waals surface area contributed by atoms with Gasteiger partial charge in [-0.3, -0.25) is 9.36 Å². The van der Waals surface area contributed by atoms with Crippen molar-refractivity contribution in [1.29, 1.82) is 0 Å². The van der Waals surface area contributed by atoms with Crippen molar-refractivity contribution in [3.05, 3.63) is 56.3 Å². The van der Waals surface area contributed by atoms with Gasteiger partial charge in [-0.05, 0) is 18.9 Å². The molecule has 1 saturated carbocycles. The third-order valence-corrected chi connectivity index (χ3v) is 3.73. The Morgan fingerprint density at radius 2 is 2.00 bits per heavy atom. The van der Waals surface area contributed by atoms with Crippen LogP contribution < -0.4 is 11.2 Å². The molecule has 0 bridgehead atoms. The monoisotopic (exact) mass is 320 g/mol. The van der Waals surface area contributed by atoms with E-state index in [9.17, 15) is 18.4 Å². The summed E-state index contributed by atoms with van der Waals surface area (Å²) in [6.07, 6.45) is 1.95. The third kappa shape index (κ3) is 2.33. The fourth-order valence-corrected chi connectivity index (χ4v) is 2.36. The van der Waals surface area contributed by atoms with Crippen LogP contribution in [0.5, 0.6) is 0 Å². The largest absolute Gasteiger partial charge is 0.339 e. The molecule has 0 aliphatic heterocycles. The first-order valence-electron chi connectivity index (χ1n) is 6.97. The number of nitrogens with zero attached hydrogens (tertiary/aromatic N) is 3. The molecule has 0 radical (unpaired) electrons. The highest BCUT2D eigenvalue weighted by atomic mass is 19.2. The minimum absolute atomic E-state index is 0.0677. The van der Waals surface area contributed by atoms with Crippen molar-refractivity contribution in [2.45, 2.75) is 25.3 Å². The first-order chi connectivity index (χ1) is 11.0. The standard InChI is InChI=1S/C14H10F2N4O3/c15-8-3-7-10(4-9(8)16)17-14(22)20(13(7)21)5-11-18-12(23-19-11)6-1-2-6/h3-4,6H,1-2,5H2,(H,17,22). The molecule has 1 fully saturated rings. The summed E-state index contributed by atoms with van der Waals surface area (Å²) in [6, 6.07) is 1.53. The van der Waals surface area contributed by atoms with Gasteiger partial charge in [-0.1, -0.05) is 5.16 Å². The van der Waals surface area contributed by atoms with Crippen molar-refractivity contribution in [3.63, 3.8) is 0 Å². The van der Waals surface area contributed by atoms with E-state index >= 15 is 0 Å². The number of nitrogens with one attached hydrogen (secondary N) is 1. The molecule has 1 N–H and O–H groups in total. The lowest BCUT2D eigenvalue weighted by atomic mass is 10.2. The van der Waals surface area contributed by atoms with Crippen LogP contribution in [-0.2, 0) is 6.54 Å². The first-order valence-corrected chi connectivity index (χ1v) is 6.97. The lowest BCUT2D eigenvalue weighted by Gasteiger charge is -2.04. The summed E-state index contributed by atoms with van der Waals surface area (Å²) in [4.78, 5) is 30.8. The van der Waals surface area contributed by atoms with Gasteiger partial charge in [0.15, 0.2) is 17.5 Å². The predicted molar refractivity (Wildman–Crippen MR) is 74.1 cm³/mol. The summed E-state index contributed by atoms with van der Waals surface area (Å²) >= 11 is 0. The number of halogens is 2. The van der Waals surface area contributed by atoms with Gasteiger partial charge < -0.3 is 9.51 Å². The molecule has 2 heterocycles. The molecule has 1 aliphatic carbocycles. The molecular formula is C14H10F2N4O3. The molecule has 23 heavy (non-hydrogen) atoms. The van der Waals surface area contributed by atoms with E-state index in [1.54, 1.807) is 0 Å². The number of benzene rings is 1. The quantitative estimate of drug-likeness (QED) is 0.784. The third-order valence-electron chi connectivity index (χ3n) is 3.73. The Hall–Kier alpha value is -2.84. The SMILES string of the molecule is O=c1[nH]c2cc(F)c(F)cc2c(=O)n1Cc1noc(C2CC2)n1. The van der Waals surface area contributed by atoms with Crippen molar-refractivity contribution in [3.8, 4) is 0 Å². The molecule has 3 aromatic rings. The maximum Gasteiger partial charge on any atom is 0.329 e. The van der Waals surface area contributed by atoms with E-state index in [0.717, 1.165) is 29.5 Å². The van der Waals surface area contributed by atoms with Gasteiger partial charge in [0, 0.05) is 12.0 Å². The molecule has 0 spiro atoms. The number of aromatic nitrogens is 4. The van der Waals surface area contributed by atoms with E-state index in [1.165, 1.54) is 0 Å². The molecule has 7 nitrogen and oxygen atoms in total. The van der Waals surface area contributed by atoms with Crippen LogP contribution in [0.15, 0.2) is 26.2 Å². The van der Waals surface area contributed by atoms with E-state index in [2.05, 4.69) is 15.1 Å². The van der Waals surface area contributed by atoms with E-state index in [0.29, 0.717) is 5.89 Å². The van der Waals surface area contributed by atoms with Crippen LogP contribution in [0.4, 0.5) is 8.78 Å². The van der Waals surface area contributed by atoms with Crippen molar-refractivity contribution < 1.29 is 13.3 Å². The van der Waals surface area contributed by atoms with E-state index in [4.69, 9.17) is 4.52 Å². The Labute approximate surface area is 126 Å². The lowest BCUT2D eigenvalue weighted by molar-refractivity contribution is 0.372. The van der Waals surface area contributed by atoms with Gasteiger partial charge in [-0.2, -0.15) is 4.98 Å². The maximum atomic E-state index is 13.3. The Morgan fingerprint density at radius 1 is 1.26 bits per heavy atom. The summed E-state index contributed by atoms with van der Waals surface area (Å²) in [5, 5.41) is 3.60. The van der Waals surface area contributed by atoms with Gasteiger partial charge in [0.1, 0.15) is 0 Å². The summed E-state index contributed by atoms with van der Waals surface area (Å²) in [5.74, 6) is -1.39. The number of rotatable bonds is 3.